The van der Waals surface area contributed by atoms with Crippen LogP contribution in [0.15, 0.2) is 24.3 Å². The van der Waals surface area contributed by atoms with Crippen molar-refractivity contribution in [1.29, 1.82) is 0 Å². The molecule has 2 aliphatic heterocycles. The molecule has 0 N–H and O–H groups in total. The van der Waals surface area contributed by atoms with Crippen LogP contribution in [0.5, 0.6) is 0 Å². The minimum absolute atomic E-state index is 0.169. The predicted octanol–water partition coefficient (Wildman–Crippen LogP) is 0.952. The molecule has 3 rings (SSSR count). The summed E-state index contributed by atoms with van der Waals surface area (Å²) in [6.45, 7) is -0.124. The highest BCUT2D eigenvalue weighted by atomic mass is 32.2. The first kappa shape index (κ1) is 14.6. The van der Waals surface area contributed by atoms with Gasteiger partial charge in [-0.15, -0.1) is 0 Å². The molecule has 114 valence electrons. The van der Waals surface area contributed by atoms with E-state index in [1.165, 1.54) is 4.90 Å². The molecule has 22 heavy (non-hydrogen) atoms. The molecule has 1 saturated heterocycles. The summed E-state index contributed by atoms with van der Waals surface area (Å²) in [5, 5.41) is -0.169. The van der Waals surface area contributed by atoms with Crippen molar-refractivity contribution >= 4 is 34.8 Å². The molecular weight excluding hydrogens is 308 g/mol. The Labute approximate surface area is 130 Å². The Kier molecular flexibility index (Phi) is 3.84. The second-order valence-corrected chi connectivity index (χ2v) is 5.81. The van der Waals surface area contributed by atoms with Gasteiger partial charge < -0.3 is 9.64 Å². The minimum atomic E-state index is -0.646. The largest absolute Gasteiger partial charge is 0.442 e. The maximum atomic E-state index is 12.1. The van der Waals surface area contributed by atoms with Gasteiger partial charge in [0.1, 0.15) is 6.54 Å². The number of imide groups is 1. The van der Waals surface area contributed by atoms with Crippen molar-refractivity contribution in [2.45, 2.75) is 0 Å². The molecule has 0 aromatic heterocycles. The number of fused-ring (bicyclic) bond motifs is 1. The topological polar surface area (TPSA) is 84.0 Å². The van der Waals surface area contributed by atoms with E-state index in [0.717, 1.165) is 16.7 Å². The van der Waals surface area contributed by atoms with E-state index in [2.05, 4.69) is 0 Å². The number of hydrogen-bond acceptors (Lipinski definition) is 6. The molecule has 0 aliphatic carbocycles. The summed E-state index contributed by atoms with van der Waals surface area (Å²) in [5.41, 5.74) is 0.601. The van der Waals surface area contributed by atoms with E-state index in [-0.39, 0.29) is 11.8 Å². The number of nitrogens with zero attached hydrogens (tertiary/aromatic N) is 2. The Morgan fingerprint density at radius 1 is 1.14 bits per heavy atom. The summed E-state index contributed by atoms with van der Waals surface area (Å²) < 4.78 is 4.95. The number of amides is 3. The average molecular weight is 320 g/mol. The minimum Gasteiger partial charge on any atom is -0.442 e. The van der Waals surface area contributed by atoms with Gasteiger partial charge >= 0.3 is 5.97 Å². The second-order valence-electron chi connectivity index (χ2n) is 4.77. The fourth-order valence-electron chi connectivity index (χ4n) is 2.26. The molecule has 8 heteroatoms. The van der Waals surface area contributed by atoms with Gasteiger partial charge in [-0.1, -0.05) is 23.9 Å². The molecule has 0 saturated carbocycles. The van der Waals surface area contributed by atoms with Gasteiger partial charge in [-0.05, 0) is 12.1 Å². The third kappa shape index (κ3) is 2.57. The van der Waals surface area contributed by atoms with Crippen LogP contribution in [0, 0.1) is 0 Å². The first-order valence-corrected chi connectivity index (χ1v) is 7.59. The fourth-order valence-corrected chi connectivity index (χ4v) is 3.09. The summed E-state index contributed by atoms with van der Waals surface area (Å²) in [4.78, 5) is 49.5. The van der Waals surface area contributed by atoms with Crippen LogP contribution in [0.4, 0.5) is 4.79 Å². The average Bonchev–Trinajstić information content (AvgIpc) is 3.01. The smallest absolute Gasteiger partial charge is 0.327 e. The van der Waals surface area contributed by atoms with Gasteiger partial charge in [0.25, 0.3) is 17.1 Å². The van der Waals surface area contributed by atoms with Gasteiger partial charge in [-0.3, -0.25) is 19.2 Å². The Bertz CT molecular complexity index is 640. The van der Waals surface area contributed by atoms with Crippen molar-refractivity contribution in [2.75, 3.05) is 25.6 Å². The van der Waals surface area contributed by atoms with E-state index >= 15 is 0 Å². The van der Waals surface area contributed by atoms with E-state index in [9.17, 15) is 19.2 Å². The third-order valence-electron chi connectivity index (χ3n) is 3.40. The van der Waals surface area contributed by atoms with Gasteiger partial charge in [0, 0.05) is 12.3 Å². The lowest BCUT2D eigenvalue weighted by molar-refractivity contribution is -0.146. The molecular formula is C14H12N2O5S. The quantitative estimate of drug-likeness (QED) is 0.607. The van der Waals surface area contributed by atoms with Crippen LogP contribution in [0.2, 0.25) is 0 Å². The number of carbonyl (C=O) groups is 4. The number of esters is 1. The molecule has 0 atom stereocenters. The summed E-state index contributed by atoms with van der Waals surface area (Å²) in [5.74, 6) is -0.973. The van der Waals surface area contributed by atoms with Crippen LogP contribution < -0.4 is 0 Å². The van der Waals surface area contributed by atoms with Crippen LogP contribution >= 0.6 is 11.8 Å². The Hall–Kier alpha value is -2.35. The van der Waals surface area contributed by atoms with Crippen LogP contribution in [-0.4, -0.2) is 58.4 Å². The number of benzene rings is 1. The maximum absolute atomic E-state index is 12.1. The third-order valence-corrected chi connectivity index (χ3v) is 4.29. The molecule has 1 fully saturated rings. The fraction of sp³-hybridized carbons (Fsp3) is 0.286. The first-order chi connectivity index (χ1) is 10.6. The van der Waals surface area contributed by atoms with Gasteiger partial charge in [-0.2, -0.15) is 0 Å². The molecule has 7 nitrogen and oxygen atoms in total. The molecule has 1 aromatic carbocycles. The molecule has 2 heterocycles. The lowest BCUT2D eigenvalue weighted by Gasteiger charge is -2.16. The molecule has 0 radical (unpaired) electrons. The monoisotopic (exact) mass is 320 g/mol. The van der Waals surface area contributed by atoms with Crippen LogP contribution in [-0.2, 0) is 9.53 Å². The van der Waals surface area contributed by atoms with Crippen molar-refractivity contribution in [2.24, 2.45) is 0 Å². The van der Waals surface area contributed by atoms with Crippen molar-refractivity contribution < 1.29 is 23.9 Å². The zero-order valence-corrected chi connectivity index (χ0v) is 12.3. The van der Waals surface area contributed by atoms with E-state index in [0.29, 0.717) is 23.4 Å². The highest BCUT2D eigenvalue weighted by molar-refractivity contribution is 8.13. The SMILES string of the molecule is O=C(CN1CCSC1=O)OCN1C(=O)c2ccccc2C1=O. The van der Waals surface area contributed by atoms with Crippen LogP contribution in [0.3, 0.4) is 0 Å². The number of thioether (sulfide) groups is 1. The van der Waals surface area contributed by atoms with Gasteiger partial charge in [-0.25, -0.2) is 4.90 Å². The Morgan fingerprint density at radius 3 is 2.32 bits per heavy atom. The lowest BCUT2D eigenvalue weighted by atomic mass is 10.1. The van der Waals surface area contributed by atoms with Crippen molar-refractivity contribution in [1.82, 2.24) is 9.80 Å². The van der Waals surface area contributed by atoms with Crippen molar-refractivity contribution in [3.63, 3.8) is 0 Å². The summed E-state index contributed by atoms with van der Waals surface area (Å²) in [6, 6.07) is 6.43. The summed E-state index contributed by atoms with van der Waals surface area (Å²) >= 11 is 1.14. The van der Waals surface area contributed by atoms with Gasteiger partial charge in [0.15, 0.2) is 6.73 Å². The van der Waals surface area contributed by atoms with E-state index < -0.39 is 24.5 Å². The van der Waals surface area contributed by atoms with Crippen molar-refractivity contribution in [3.05, 3.63) is 35.4 Å². The highest BCUT2D eigenvalue weighted by Crippen LogP contribution is 2.22. The normalized spacial score (nSPS) is 17.2. The predicted molar refractivity (Wildman–Crippen MR) is 77.3 cm³/mol. The van der Waals surface area contributed by atoms with Gasteiger partial charge in [0.2, 0.25) is 0 Å². The number of rotatable bonds is 4. The van der Waals surface area contributed by atoms with E-state index in [1.54, 1.807) is 24.3 Å². The second kappa shape index (κ2) is 5.80. The molecule has 1 aromatic rings. The van der Waals surface area contributed by atoms with Gasteiger partial charge in [0.05, 0.1) is 11.1 Å². The highest BCUT2D eigenvalue weighted by Gasteiger charge is 2.36. The number of carbonyl (C=O) groups excluding carboxylic acids is 4. The Morgan fingerprint density at radius 2 is 1.77 bits per heavy atom. The zero-order valence-electron chi connectivity index (χ0n) is 11.5. The van der Waals surface area contributed by atoms with E-state index in [1.807, 2.05) is 0 Å². The Balaban J connectivity index is 1.58. The number of hydrogen-bond donors (Lipinski definition) is 0. The van der Waals surface area contributed by atoms with Crippen LogP contribution in [0.1, 0.15) is 20.7 Å². The van der Waals surface area contributed by atoms with Crippen molar-refractivity contribution in [3.8, 4) is 0 Å². The summed E-state index contributed by atoms with van der Waals surface area (Å²) in [7, 11) is 0. The molecule has 2 aliphatic rings. The first-order valence-electron chi connectivity index (χ1n) is 6.60. The maximum Gasteiger partial charge on any atom is 0.327 e. The standard InChI is InChI=1S/C14H12N2O5S/c17-11(7-15-5-6-22-14(15)20)21-8-16-12(18)9-3-1-2-4-10(9)13(16)19/h1-4H,5-8H2. The summed E-state index contributed by atoms with van der Waals surface area (Å²) in [6.07, 6.45) is 0. The molecule has 3 amide bonds. The zero-order chi connectivity index (χ0) is 15.7. The van der Waals surface area contributed by atoms with Crippen LogP contribution in [0.25, 0.3) is 0 Å². The molecule has 0 spiro atoms. The van der Waals surface area contributed by atoms with E-state index in [4.69, 9.17) is 4.74 Å². The molecule has 0 bridgehead atoms. The number of ether oxygens (including phenoxy) is 1. The molecule has 0 unspecified atom stereocenters. The lowest BCUT2D eigenvalue weighted by Crippen LogP contribution is -2.36.